The summed E-state index contributed by atoms with van der Waals surface area (Å²) in [4.78, 5) is 2.06. The van der Waals surface area contributed by atoms with Crippen molar-refractivity contribution in [1.29, 1.82) is 0 Å². The molecule has 0 aromatic heterocycles. The van der Waals surface area contributed by atoms with E-state index in [4.69, 9.17) is 6.42 Å². The summed E-state index contributed by atoms with van der Waals surface area (Å²) in [6, 6.07) is 8.23. The van der Waals surface area contributed by atoms with Crippen molar-refractivity contribution in [3.05, 3.63) is 24.3 Å². The lowest BCUT2D eigenvalue weighted by molar-refractivity contribution is 1.03. The Hall–Kier alpha value is -1.62. The maximum absolute atomic E-state index is 5.29. The lowest BCUT2D eigenvalue weighted by atomic mass is 10.2. The van der Waals surface area contributed by atoms with E-state index >= 15 is 0 Å². The number of rotatable bonds is 3. The average molecular weight is 188 g/mol. The molecule has 0 fully saturated rings. The van der Waals surface area contributed by atoms with Gasteiger partial charge in [0, 0.05) is 25.5 Å². The highest BCUT2D eigenvalue weighted by Gasteiger charge is 1.99. The summed E-state index contributed by atoms with van der Waals surface area (Å²) in [6.45, 7) is 1.96. The van der Waals surface area contributed by atoms with Gasteiger partial charge >= 0.3 is 0 Å². The number of anilines is 2. The molecule has 74 valence electrons. The van der Waals surface area contributed by atoms with Crippen LogP contribution in [-0.4, -0.2) is 20.1 Å². The van der Waals surface area contributed by atoms with Crippen LogP contribution >= 0.6 is 0 Å². The van der Waals surface area contributed by atoms with E-state index in [-0.39, 0.29) is 6.04 Å². The van der Waals surface area contributed by atoms with E-state index in [2.05, 4.69) is 28.3 Å². The number of benzene rings is 1. The Balaban J connectivity index is 2.79. The molecule has 2 heteroatoms. The third kappa shape index (κ3) is 2.70. The van der Waals surface area contributed by atoms with E-state index in [9.17, 15) is 0 Å². The van der Waals surface area contributed by atoms with Crippen LogP contribution in [0.5, 0.6) is 0 Å². The second-order valence-electron chi connectivity index (χ2n) is 3.48. The molecule has 1 rings (SSSR count). The van der Waals surface area contributed by atoms with Gasteiger partial charge in [-0.2, -0.15) is 0 Å². The first-order valence-electron chi connectivity index (χ1n) is 4.63. The highest BCUT2D eigenvalue weighted by Crippen LogP contribution is 2.17. The summed E-state index contributed by atoms with van der Waals surface area (Å²) in [6.07, 6.45) is 5.29. The van der Waals surface area contributed by atoms with Gasteiger partial charge in [-0.25, -0.2) is 0 Å². The van der Waals surface area contributed by atoms with Gasteiger partial charge in [0.2, 0.25) is 0 Å². The quantitative estimate of drug-likeness (QED) is 0.731. The predicted molar refractivity (Wildman–Crippen MR) is 62.7 cm³/mol. The fourth-order valence-corrected chi connectivity index (χ4v) is 1.17. The normalized spacial score (nSPS) is 11.6. The highest BCUT2D eigenvalue weighted by molar-refractivity contribution is 5.58. The molecule has 1 atom stereocenters. The van der Waals surface area contributed by atoms with Gasteiger partial charge in [0.05, 0.1) is 6.04 Å². The van der Waals surface area contributed by atoms with Gasteiger partial charge < -0.3 is 10.2 Å². The molecule has 0 aliphatic carbocycles. The van der Waals surface area contributed by atoms with Gasteiger partial charge in [-0.3, -0.25) is 0 Å². The summed E-state index contributed by atoms with van der Waals surface area (Å²) in [5.41, 5.74) is 2.22. The number of terminal acetylenes is 1. The van der Waals surface area contributed by atoms with Gasteiger partial charge in [-0.05, 0) is 25.1 Å². The molecular formula is C12H16N2. The summed E-state index contributed by atoms with van der Waals surface area (Å²) in [5.74, 6) is 2.64. The molecule has 0 aliphatic rings. The van der Waals surface area contributed by atoms with E-state index in [0.717, 1.165) is 5.69 Å². The Kier molecular flexibility index (Phi) is 3.41. The monoisotopic (exact) mass is 188 g/mol. The molecule has 2 nitrogen and oxygen atoms in total. The second kappa shape index (κ2) is 4.57. The summed E-state index contributed by atoms with van der Waals surface area (Å²) in [5, 5.41) is 3.22. The molecule has 1 unspecified atom stereocenters. The van der Waals surface area contributed by atoms with Gasteiger partial charge in [-0.15, -0.1) is 6.42 Å². The number of nitrogens with zero attached hydrogens (tertiary/aromatic N) is 1. The zero-order valence-electron chi connectivity index (χ0n) is 8.91. The second-order valence-corrected chi connectivity index (χ2v) is 3.48. The minimum absolute atomic E-state index is 0.0624. The first-order valence-corrected chi connectivity index (χ1v) is 4.63. The minimum atomic E-state index is 0.0624. The van der Waals surface area contributed by atoms with Crippen molar-refractivity contribution in [2.24, 2.45) is 0 Å². The van der Waals surface area contributed by atoms with Gasteiger partial charge in [0.1, 0.15) is 0 Å². The topological polar surface area (TPSA) is 15.3 Å². The van der Waals surface area contributed by atoms with Crippen molar-refractivity contribution in [3.63, 3.8) is 0 Å². The van der Waals surface area contributed by atoms with E-state index in [0.29, 0.717) is 0 Å². The molecule has 1 aromatic rings. The van der Waals surface area contributed by atoms with Crippen molar-refractivity contribution in [1.82, 2.24) is 0 Å². The molecule has 1 N–H and O–H groups in total. The van der Waals surface area contributed by atoms with E-state index in [1.54, 1.807) is 0 Å². The standard InChI is InChI=1S/C12H16N2/c1-5-10(2)13-11-7-6-8-12(9-11)14(3)4/h1,6-10,13H,2-4H3. The molecule has 1 aromatic carbocycles. The van der Waals surface area contributed by atoms with Gasteiger partial charge in [-0.1, -0.05) is 12.0 Å². The third-order valence-electron chi connectivity index (χ3n) is 2.00. The first kappa shape index (κ1) is 10.5. The van der Waals surface area contributed by atoms with Crippen LogP contribution in [0.2, 0.25) is 0 Å². The Morgan fingerprint density at radius 3 is 2.71 bits per heavy atom. The van der Waals surface area contributed by atoms with Crippen LogP contribution in [0.1, 0.15) is 6.92 Å². The summed E-state index contributed by atoms with van der Waals surface area (Å²) < 4.78 is 0. The Morgan fingerprint density at radius 2 is 2.14 bits per heavy atom. The van der Waals surface area contributed by atoms with Crippen LogP contribution < -0.4 is 10.2 Å². The molecule has 0 radical (unpaired) electrons. The van der Waals surface area contributed by atoms with Crippen molar-refractivity contribution < 1.29 is 0 Å². The maximum atomic E-state index is 5.29. The molecule has 0 saturated carbocycles. The molecular weight excluding hydrogens is 172 g/mol. The molecule has 0 heterocycles. The smallest absolute Gasteiger partial charge is 0.0845 e. The fraction of sp³-hybridized carbons (Fsp3) is 0.333. The van der Waals surface area contributed by atoms with Gasteiger partial charge in [0.15, 0.2) is 0 Å². The van der Waals surface area contributed by atoms with Crippen LogP contribution in [0.4, 0.5) is 11.4 Å². The molecule has 0 aliphatic heterocycles. The molecule has 0 spiro atoms. The van der Waals surface area contributed by atoms with Crippen LogP contribution in [0.15, 0.2) is 24.3 Å². The van der Waals surface area contributed by atoms with E-state index in [1.807, 2.05) is 33.2 Å². The average Bonchev–Trinajstić information content (AvgIpc) is 2.18. The first-order chi connectivity index (χ1) is 6.63. The van der Waals surface area contributed by atoms with Crippen molar-refractivity contribution in [2.45, 2.75) is 13.0 Å². The molecule has 0 bridgehead atoms. The number of hydrogen-bond donors (Lipinski definition) is 1. The van der Waals surface area contributed by atoms with Crippen molar-refractivity contribution in [3.8, 4) is 12.3 Å². The van der Waals surface area contributed by atoms with Gasteiger partial charge in [0.25, 0.3) is 0 Å². The Labute approximate surface area is 85.9 Å². The minimum Gasteiger partial charge on any atom is -0.378 e. The zero-order valence-corrected chi connectivity index (χ0v) is 8.91. The maximum Gasteiger partial charge on any atom is 0.0845 e. The molecule has 0 amide bonds. The fourth-order valence-electron chi connectivity index (χ4n) is 1.17. The lowest BCUT2D eigenvalue weighted by Gasteiger charge is -2.15. The van der Waals surface area contributed by atoms with Crippen molar-refractivity contribution >= 4 is 11.4 Å². The largest absolute Gasteiger partial charge is 0.378 e. The highest BCUT2D eigenvalue weighted by atomic mass is 15.1. The predicted octanol–water partition coefficient (Wildman–Crippen LogP) is 2.19. The summed E-state index contributed by atoms with van der Waals surface area (Å²) >= 11 is 0. The number of nitrogens with one attached hydrogen (secondary N) is 1. The summed E-state index contributed by atoms with van der Waals surface area (Å²) in [7, 11) is 4.04. The Morgan fingerprint density at radius 1 is 1.43 bits per heavy atom. The van der Waals surface area contributed by atoms with Crippen LogP contribution in [0.3, 0.4) is 0 Å². The van der Waals surface area contributed by atoms with E-state index < -0.39 is 0 Å². The van der Waals surface area contributed by atoms with Crippen molar-refractivity contribution in [2.75, 3.05) is 24.3 Å². The van der Waals surface area contributed by atoms with Crippen LogP contribution in [0.25, 0.3) is 0 Å². The molecule has 14 heavy (non-hydrogen) atoms. The Bertz CT molecular complexity index is 336. The van der Waals surface area contributed by atoms with Crippen LogP contribution in [0, 0.1) is 12.3 Å². The SMILES string of the molecule is C#CC(C)Nc1cccc(N(C)C)c1. The zero-order chi connectivity index (χ0) is 10.6. The molecule has 0 saturated heterocycles. The number of hydrogen-bond acceptors (Lipinski definition) is 2. The third-order valence-corrected chi connectivity index (χ3v) is 2.00. The lowest BCUT2D eigenvalue weighted by Crippen LogP contribution is -2.13. The van der Waals surface area contributed by atoms with E-state index in [1.165, 1.54) is 5.69 Å². The van der Waals surface area contributed by atoms with Crippen LogP contribution in [-0.2, 0) is 0 Å².